The van der Waals surface area contributed by atoms with Gasteiger partial charge < -0.3 is 10.6 Å². The third-order valence-corrected chi connectivity index (χ3v) is 3.93. The summed E-state index contributed by atoms with van der Waals surface area (Å²) in [6.45, 7) is 0. The minimum atomic E-state index is -0.359. The number of hydrogen-bond acceptors (Lipinski definition) is 5. The molecule has 0 aliphatic rings. The van der Waals surface area contributed by atoms with Crippen LogP contribution in [0, 0.1) is 11.3 Å². The Kier molecular flexibility index (Phi) is 5.32. The van der Waals surface area contributed by atoms with Crippen LogP contribution in [-0.2, 0) is 0 Å². The number of halogens is 2. The summed E-state index contributed by atoms with van der Waals surface area (Å²) in [7, 11) is 0. The van der Waals surface area contributed by atoms with E-state index in [0.717, 1.165) is 0 Å². The average molecular weight is 384 g/mol. The summed E-state index contributed by atoms with van der Waals surface area (Å²) in [6.07, 6.45) is 2.79. The molecule has 2 N–H and O–H groups in total. The van der Waals surface area contributed by atoms with Gasteiger partial charge in [-0.05, 0) is 42.5 Å². The van der Waals surface area contributed by atoms with E-state index < -0.39 is 0 Å². The first kappa shape index (κ1) is 17.7. The molecule has 26 heavy (non-hydrogen) atoms. The van der Waals surface area contributed by atoms with Crippen molar-refractivity contribution in [3.63, 3.8) is 0 Å². The number of rotatable bonds is 4. The van der Waals surface area contributed by atoms with Crippen molar-refractivity contribution in [3.8, 4) is 6.07 Å². The second-order valence-corrected chi connectivity index (χ2v) is 6.03. The number of nitriles is 1. The number of nitrogens with one attached hydrogen (secondary N) is 2. The lowest BCUT2D eigenvalue weighted by atomic mass is 10.2. The maximum absolute atomic E-state index is 12.2. The predicted octanol–water partition coefficient (Wildman–Crippen LogP) is 4.65. The predicted molar refractivity (Wildman–Crippen MR) is 101 cm³/mol. The first-order valence-electron chi connectivity index (χ1n) is 7.41. The number of hydrogen-bond donors (Lipinski definition) is 2. The summed E-state index contributed by atoms with van der Waals surface area (Å²) in [5.74, 6) is -0.0777. The first-order valence-corrected chi connectivity index (χ1v) is 8.16. The molecule has 1 aromatic heterocycles. The van der Waals surface area contributed by atoms with E-state index in [4.69, 9.17) is 28.5 Å². The number of carbonyl (C=O) groups excluding carboxylic acids is 1. The summed E-state index contributed by atoms with van der Waals surface area (Å²) < 4.78 is 0. The molecule has 3 aromatic rings. The van der Waals surface area contributed by atoms with Gasteiger partial charge in [0.25, 0.3) is 5.91 Å². The van der Waals surface area contributed by atoms with Crippen molar-refractivity contribution in [1.82, 2.24) is 9.97 Å². The van der Waals surface area contributed by atoms with Crippen LogP contribution in [0.4, 0.5) is 17.3 Å². The van der Waals surface area contributed by atoms with E-state index >= 15 is 0 Å². The van der Waals surface area contributed by atoms with Gasteiger partial charge >= 0.3 is 0 Å². The molecule has 0 unspecified atom stereocenters. The molecule has 0 fully saturated rings. The quantitative estimate of drug-likeness (QED) is 0.683. The molecule has 0 bridgehead atoms. The van der Waals surface area contributed by atoms with Crippen molar-refractivity contribution in [2.24, 2.45) is 0 Å². The average Bonchev–Trinajstić information content (AvgIpc) is 2.66. The van der Waals surface area contributed by atoms with Gasteiger partial charge in [-0.25, -0.2) is 9.97 Å². The highest BCUT2D eigenvalue weighted by Gasteiger charge is 2.09. The standard InChI is InChI=1S/C18H11Cl2N5O/c19-13-3-6-15(20)16(7-13)25-18-22-9-12(10-23-18)17(26)24-14-4-1-11(8-21)2-5-14/h1-7,9-10H,(H,24,26)(H,22,23,25). The Balaban J connectivity index is 1.69. The van der Waals surface area contributed by atoms with Crippen molar-refractivity contribution in [2.45, 2.75) is 0 Å². The SMILES string of the molecule is N#Cc1ccc(NC(=O)c2cnc(Nc3cc(Cl)ccc3Cl)nc2)cc1. The Morgan fingerprint density at radius 2 is 1.73 bits per heavy atom. The van der Waals surface area contributed by atoms with Crippen molar-refractivity contribution < 1.29 is 4.79 Å². The topological polar surface area (TPSA) is 90.7 Å². The van der Waals surface area contributed by atoms with Crippen LogP contribution in [0.15, 0.2) is 54.9 Å². The van der Waals surface area contributed by atoms with Crippen LogP contribution in [-0.4, -0.2) is 15.9 Å². The fraction of sp³-hybridized carbons (Fsp3) is 0. The summed E-state index contributed by atoms with van der Waals surface area (Å²) in [6, 6.07) is 13.5. The van der Waals surface area contributed by atoms with Crippen LogP contribution < -0.4 is 10.6 Å². The lowest BCUT2D eigenvalue weighted by Crippen LogP contribution is -2.13. The zero-order chi connectivity index (χ0) is 18.5. The Bertz CT molecular complexity index is 982. The largest absolute Gasteiger partial charge is 0.323 e. The highest BCUT2D eigenvalue weighted by atomic mass is 35.5. The normalized spacial score (nSPS) is 10.0. The van der Waals surface area contributed by atoms with Crippen LogP contribution in [0.25, 0.3) is 0 Å². The number of aromatic nitrogens is 2. The second-order valence-electron chi connectivity index (χ2n) is 5.19. The van der Waals surface area contributed by atoms with E-state index in [1.165, 1.54) is 12.4 Å². The number of amides is 1. The molecule has 6 nitrogen and oxygen atoms in total. The Morgan fingerprint density at radius 3 is 2.38 bits per heavy atom. The zero-order valence-corrected chi connectivity index (χ0v) is 14.7. The van der Waals surface area contributed by atoms with Gasteiger partial charge in [-0.2, -0.15) is 5.26 Å². The molecule has 0 spiro atoms. The first-order chi connectivity index (χ1) is 12.5. The van der Waals surface area contributed by atoms with Crippen LogP contribution >= 0.6 is 23.2 Å². The number of nitrogens with zero attached hydrogens (tertiary/aromatic N) is 3. The van der Waals surface area contributed by atoms with Crippen LogP contribution in [0.1, 0.15) is 15.9 Å². The van der Waals surface area contributed by atoms with E-state index in [0.29, 0.717) is 27.0 Å². The van der Waals surface area contributed by atoms with Crippen molar-refractivity contribution in [1.29, 1.82) is 5.26 Å². The number of carbonyl (C=O) groups is 1. The van der Waals surface area contributed by atoms with E-state index in [9.17, 15) is 4.79 Å². The van der Waals surface area contributed by atoms with Gasteiger partial charge in [-0.3, -0.25) is 4.79 Å². The molecule has 8 heteroatoms. The molecule has 1 amide bonds. The molecule has 0 atom stereocenters. The minimum Gasteiger partial charge on any atom is -0.323 e. The van der Waals surface area contributed by atoms with Crippen LogP contribution in [0.2, 0.25) is 10.0 Å². The molecule has 0 saturated heterocycles. The van der Waals surface area contributed by atoms with Crippen LogP contribution in [0.5, 0.6) is 0 Å². The van der Waals surface area contributed by atoms with E-state index in [1.54, 1.807) is 42.5 Å². The Hall–Kier alpha value is -3.14. The monoisotopic (exact) mass is 383 g/mol. The third-order valence-electron chi connectivity index (χ3n) is 3.36. The zero-order valence-electron chi connectivity index (χ0n) is 13.2. The minimum absolute atomic E-state index is 0.282. The Labute approximate surface area is 159 Å². The molecule has 0 aliphatic heterocycles. The number of anilines is 3. The van der Waals surface area contributed by atoms with Gasteiger partial charge in [-0.1, -0.05) is 23.2 Å². The molecule has 0 saturated carbocycles. The van der Waals surface area contributed by atoms with Crippen molar-refractivity contribution in [2.75, 3.05) is 10.6 Å². The molecular formula is C18H11Cl2N5O. The second kappa shape index (κ2) is 7.83. The fourth-order valence-corrected chi connectivity index (χ4v) is 2.39. The summed E-state index contributed by atoms with van der Waals surface area (Å²) >= 11 is 12.0. The van der Waals surface area contributed by atoms with Crippen molar-refractivity contribution >= 4 is 46.4 Å². The molecule has 0 radical (unpaired) electrons. The molecular weight excluding hydrogens is 373 g/mol. The van der Waals surface area contributed by atoms with E-state index in [-0.39, 0.29) is 17.4 Å². The van der Waals surface area contributed by atoms with Crippen molar-refractivity contribution in [3.05, 3.63) is 76.0 Å². The molecule has 3 rings (SSSR count). The molecule has 2 aromatic carbocycles. The van der Waals surface area contributed by atoms with Gasteiger partial charge in [0.05, 0.1) is 27.9 Å². The molecule has 0 aliphatic carbocycles. The van der Waals surface area contributed by atoms with Gasteiger partial charge in [0.15, 0.2) is 0 Å². The van der Waals surface area contributed by atoms with Gasteiger partial charge in [-0.15, -0.1) is 0 Å². The highest BCUT2D eigenvalue weighted by Crippen LogP contribution is 2.27. The maximum atomic E-state index is 12.2. The van der Waals surface area contributed by atoms with Gasteiger partial charge in [0, 0.05) is 23.1 Å². The molecule has 1 heterocycles. The van der Waals surface area contributed by atoms with Crippen LogP contribution in [0.3, 0.4) is 0 Å². The summed E-state index contributed by atoms with van der Waals surface area (Å²) in [4.78, 5) is 20.4. The smallest absolute Gasteiger partial charge is 0.258 e. The number of benzene rings is 2. The third kappa shape index (κ3) is 4.28. The lowest BCUT2D eigenvalue weighted by molar-refractivity contribution is 0.102. The summed E-state index contributed by atoms with van der Waals surface area (Å²) in [5.41, 5.74) is 1.94. The van der Waals surface area contributed by atoms with Gasteiger partial charge in [0.1, 0.15) is 0 Å². The fourth-order valence-electron chi connectivity index (χ4n) is 2.05. The lowest BCUT2D eigenvalue weighted by Gasteiger charge is -2.08. The maximum Gasteiger partial charge on any atom is 0.258 e. The Morgan fingerprint density at radius 1 is 1.04 bits per heavy atom. The summed E-state index contributed by atoms with van der Waals surface area (Å²) in [5, 5.41) is 15.4. The highest BCUT2D eigenvalue weighted by molar-refractivity contribution is 6.35. The molecule has 128 valence electrons. The van der Waals surface area contributed by atoms with Gasteiger partial charge in [0.2, 0.25) is 5.95 Å². The van der Waals surface area contributed by atoms with E-state index in [2.05, 4.69) is 20.6 Å². The van der Waals surface area contributed by atoms with E-state index in [1.807, 2.05) is 6.07 Å².